The van der Waals surface area contributed by atoms with Crippen LogP contribution in [0.1, 0.15) is 11.3 Å². The summed E-state index contributed by atoms with van der Waals surface area (Å²) in [7, 11) is 3.42. The van der Waals surface area contributed by atoms with Gasteiger partial charge in [0.1, 0.15) is 5.75 Å². The zero-order valence-electron chi connectivity index (χ0n) is 11.2. The van der Waals surface area contributed by atoms with Crippen LogP contribution in [0.2, 0.25) is 0 Å². The smallest absolute Gasteiger partial charge is 0.309 e. The summed E-state index contributed by atoms with van der Waals surface area (Å²) >= 11 is 0. The van der Waals surface area contributed by atoms with E-state index in [2.05, 4.69) is 5.10 Å². The molecule has 0 unspecified atom stereocenters. The summed E-state index contributed by atoms with van der Waals surface area (Å²) in [4.78, 5) is 10.8. The Hall–Kier alpha value is -2.30. The monoisotopic (exact) mass is 260 g/mol. The zero-order chi connectivity index (χ0) is 14.0. The average molecular weight is 260 g/mol. The van der Waals surface area contributed by atoms with Crippen LogP contribution in [-0.4, -0.2) is 28.0 Å². The molecule has 0 atom stereocenters. The van der Waals surface area contributed by atoms with Crippen molar-refractivity contribution in [1.29, 1.82) is 0 Å². The van der Waals surface area contributed by atoms with E-state index in [0.717, 1.165) is 22.6 Å². The molecule has 0 radical (unpaired) electrons. The summed E-state index contributed by atoms with van der Waals surface area (Å²) in [5.41, 5.74) is 3.24. The molecule has 1 heterocycles. The van der Waals surface area contributed by atoms with Crippen LogP contribution < -0.4 is 4.74 Å². The lowest BCUT2D eigenvalue weighted by Crippen LogP contribution is -2.02. The van der Waals surface area contributed by atoms with Crippen LogP contribution in [0, 0.1) is 6.92 Å². The molecular formula is C14H16N2O3. The molecule has 0 saturated heterocycles. The number of hydrogen-bond donors (Lipinski definition) is 1. The maximum Gasteiger partial charge on any atom is 0.309 e. The highest BCUT2D eigenvalue weighted by Crippen LogP contribution is 2.32. The van der Waals surface area contributed by atoms with E-state index in [9.17, 15) is 4.79 Å². The number of benzene rings is 1. The van der Waals surface area contributed by atoms with Gasteiger partial charge in [0.25, 0.3) is 0 Å². The SMILES string of the molecule is COc1ccccc1-c1c(C)c(CC(=O)O)nn1C. The summed E-state index contributed by atoms with van der Waals surface area (Å²) in [6.07, 6.45) is -0.0746. The van der Waals surface area contributed by atoms with Crippen LogP contribution >= 0.6 is 0 Å². The third kappa shape index (κ3) is 2.45. The molecule has 0 aliphatic rings. The largest absolute Gasteiger partial charge is 0.496 e. The molecule has 5 heteroatoms. The quantitative estimate of drug-likeness (QED) is 0.913. The highest BCUT2D eigenvalue weighted by atomic mass is 16.5. The maximum absolute atomic E-state index is 10.8. The van der Waals surface area contributed by atoms with Gasteiger partial charge in [-0.2, -0.15) is 5.10 Å². The first kappa shape index (κ1) is 13.1. The van der Waals surface area contributed by atoms with Gasteiger partial charge in [-0.3, -0.25) is 9.48 Å². The van der Waals surface area contributed by atoms with E-state index in [1.165, 1.54) is 0 Å². The zero-order valence-corrected chi connectivity index (χ0v) is 11.2. The second-order valence-electron chi connectivity index (χ2n) is 4.31. The molecule has 19 heavy (non-hydrogen) atoms. The molecule has 0 bridgehead atoms. The van der Waals surface area contributed by atoms with E-state index in [1.54, 1.807) is 18.8 Å². The van der Waals surface area contributed by atoms with Gasteiger partial charge < -0.3 is 9.84 Å². The predicted octanol–water partition coefficient (Wildman–Crippen LogP) is 2.03. The second kappa shape index (κ2) is 5.14. The fraction of sp³-hybridized carbons (Fsp3) is 0.286. The van der Waals surface area contributed by atoms with Crippen molar-refractivity contribution in [1.82, 2.24) is 9.78 Å². The van der Waals surface area contributed by atoms with Crippen LogP contribution in [0.5, 0.6) is 5.75 Å². The lowest BCUT2D eigenvalue weighted by atomic mass is 10.0. The van der Waals surface area contributed by atoms with Crippen molar-refractivity contribution in [2.24, 2.45) is 7.05 Å². The molecule has 5 nitrogen and oxygen atoms in total. The maximum atomic E-state index is 10.8. The topological polar surface area (TPSA) is 64.3 Å². The number of aromatic nitrogens is 2. The molecule has 1 aromatic heterocycles. The van der Waals surface area contributed by atoms with Crippen molar-refractivity contribution < 1.29 is 14.6 Å². The molecule has 0 aliphatic carbocycles. The Bertz CT molecular complexity index is 617. The van der Waals surface area contributed by atoms with E-state index in [1.807, 2.05) is 31.2 Å². The summed E-state index contributed by atoms with van der Waals surface area (Å²) in [5, 5.41) is 13.2. The van der Waals surface area contributed by atoms with Gasteiger partial charge in [0.15, 0.2) is 0 Å². The van der Waals surface area contributed by atoms with Gasteiger partial charge in [-0.1, -0.05) is 12.1 Å². The molecular weight excluding hydrogens is 244 g/mol. The summed E-state index contributed by atoms with van der Waals surface area (Å²) in [6, 6.07) is 7.62. The number of para-hydroxylation sites is 1. The van der Waals surface area contributed by atoms with Crippen molar-refractivity contribution >= 4 is 5.97 Å². The Labute approximate surface area is 111 Å². The van der Waals surface area contributed by atoms with Gasteiger partial charge in [0.05, 0.1) is 24.9 Å². The summed E-state index contributed by atoms with van der Waals surface area (Å²) in [6.45, 7) is 1.88. The van der Waals surface area contributed by atoms with Crippen molar-refractivity contribution in [3.63, 3.8) is 0 Å². The van der Waals surface area contributed by atoms with Gasteiger partial charge in [0, 0.05) is 12.6 Å². The van der Waals surface area contributed by atoms with Crippen LogP contribution in [-0.2, 0) is 18.3 Å². The number of hydrogen-bond acceptors (Lipinski definition) is 3. The van der Waals surface area contributed by atoms with Crippen molar-refractivity contribution in [2.45, 2.75) is 13.3 Å². The lowest BCUT2D eigenvalue weighted by Gasteiger charge is -2.09. The lowest BCUT2D eigenvalue weighted by molar-refractivity contribution is -0.136. The molecule has 0 spiro atoms. The Kier molecular flexibility index (Phi) is 3.55. The van der Waals surface area contributed by atoms with Crippen LogP contribution in [0.15, 0.2) is 24.3 Å². The molecule has 0 aliphatic heterocycles. The number of methoxy groups -OCH3 is 1. The van der Waals surface area contributed by atoms with Gasteiger partial charge in [-0.25, -0.2) is 0 Å². The molecule has 2 aromatic rings. The third-order valence-electron chi connectivity index (χ3n) is 3.06. The first-order chi connectivity index (χ1) is 9.04. The molecule has 0 amide bonds. The molecule has 1 aromatic carbocycles. The first-order valence-corrected chi connectivity index (χ1v) is 5.92. The van der Waals surface area contributed by atoms with E-state index in [-0.39, 0.29) is 6.42 Å². The minimum absolute atomic E-state index is 0.0746. The second-order valence-corrected chi connectivity index (χ2v) is 4.31. The number of ether oxygens (including phenoxy) is 1. The normalized spacial score (nSPS) is 10.5. The number of carboxylic acids is 1. The van der Waals surface area contributed by atoms with Gasteiger partial charge >= 0.3 is 5.97 Å². The Morgan fingerprint density at radius 1 is 1.42 bits per heavy atom. The number of carbonyl (C=O) groups is 1. The number of nitrogens with zero attached hydrogens (tertiary/aromatic N) is 2. The van der Waals surface area contributed by atoms with Crippen molar-refractivity contribution in [3.05, 3.63) is 35.5 Å². The van der Waals surface area contributed by atoms with Crippen LogP contribution in [0.4, 0.5) is 0 Å². The van der Waals surface area contributed by atoms with Gasteiger partial charge in [-0.05, 0) is 24.6 Å². The fourth-order valence-electron chi connectivity index (χ4n) is 2.21. The third-order valence-corrected chi connectivity index (χ3v) is 3.06. The van der Waals surface area contributed by atoms with E-state index < -0.39 is 5.97 Å². The summed E-state index contributed by atoms with van der Waals surface area (Å²) < 4.78 is 7.04. The van der Waals surface area contributed by atoms with E-state index in [0.29, 0.717) is 5.69 Å². The van der Waals surface area contributed by atoms with Crippen molar-refractivity contribution in [2.75, 3.05) is 7.11 Å². The minimum atomic E-state index is -0.882. The Morgan fingerprint density at radius 3 is 2.74 bits per heavy atom. The molecule has 100 valence electrons. The molecule has 1 N–H and O–H groups in total. The van der Waals surface area contributed by atoms with Gasteiger partial charge in [-0.15, -0.1) is 0 Å². The van der Waals surface area contributed by atoms with E-state index >= 15 is 0 Å². The molecule has 2 rings (SSSR count). The minimum Gasteiger partial charge on any atom is -0.496 e. The number of aryl methyl sites for hydroxylation is 1. The molecule has 0 fully saturated rings. The van der Waals surface area contributed by atoms with Gasteiger partial charge in [0.2, 0.25) is 0 Å². The summed E-state index contributed by atoms with van der Waals surface area (Å²) in [5.74, 6) is -0.136. The van der Waals surface area contributed by atoms with Crippen LogP contribution in [0.25, 0.3) is 11.3 Å². The standard InChI is InChI=1S/C14H16N2O3/c1-9-11(8-13(17)18)15-16(2)14(9)10-6-4-5-7-12(10)19-3/h4-7H,8H2,1-3H3,(H,17,18). The Balaban J connectivity index is 2.56. The first-order valence-electron chi connectivity index (χ1n) is 5.92. The average Bonchev–Trinajstić information content (AvgIpc) is 2.64. The van der Waals surface area contributed by atoms with Crippen LogP contribution in [0.3, 0.4) is 0 Å². The highest BCUT2D eigenvalue weighted by Gasteiger charge is 2.18. The molecule has 0 saturated carbocycles. The Morgan fingerprint density at radius 2 is 2.11 bits per heavy atom. The highest BCUT2D eigenvalue weighted by molar-refractivity contribution is 5.74. The predicted molar refractivity (Wildman–Crippen MR) is 71.3 cm³/mol. The fourth-order valence-corrected chi connectivity index (χ4v) is 2.21. The van der Waals surface area contributed by atoms with Crippen molar-refractivity contribution in [3.8, 4) is 17.0 Å². The number of carboxylic acid groups (broad SMARTS) is 1. The number of aliphatic carboxylic acids is 1. The number of rotatable bonds is 4. The van der Waals surface area contributed by atoms with E-state index in [4.69, 9.17) is 9.84 Å².